The molecule has 0 saturated carbocycles. The molecule has 6 heteroatoms. The molecule has 4 aromatic rings. The predicted octanol–water partition coefficient (Wildman–Crippen LogP) is 2.62. The minimum absolute atomic E-state index is 0.00109. The average Bonchev–Trinajstić information content (AvgIpc) is 3.33. The summed E-state index contributed by atoms with van der Waals surface area (Å²) < 4.78 is 0. The van der Waals surface area contributed by atoms with Crippen LogP contribution in [0.25, 0.3) is 17.0 Å². The molecule has 0 amide bonds. The number of phenolic OH excluding ortho intramolecular Hbond substituents is 1. The van der Waals surface area contributed by atoms with Gasteiger partial charge in [0.05, 0.1) is 17.4 Å². The molecule has 1 aromatic heterocycles. The normalized spacial score (nSPS) is 23.8. The molecule has 0 fully saturated rings. The predicted molar refractivity (Wildman–Crippen MR) is 127 cm³/mol. The van der Waals surface area contributed by atoms with Crippen molar-refractivity contribution in [3.05, 3.63) is 101 Å². The van der Waals surface area contributed by atoms with Crippen molar-refractivity contribution >= 4 is 22.7 Å². The number of aliphatic hydroxyl groups is 2. The van der Waals surface area contributed by atoms with Gasteiger partial charge in [0.2, 0.25) is 0 Å². The molecule has 3 aromatic carbocycles. The third-order valence-electron chi connectivity index (χ3n) is 7.09. The van der Waals surface area contributed by atoms with Gasteiger partial charge in [0.15, 0.2) is 11.6 Å². The summed E-state index contributed by atoms with van der Waals surface area (Å²) in [6.45, 7) is 0.370. The van der Waals surface area contributed by atoms with Gasteiger partial charge in [-0.15, -0.1) is 0 Å². The molecule has 6 N–H and O–H groups in total. The number of para-hydroxylation sites is 2. The number of likely N-dealkylation sites (N-methyl/N-ethyl adjacent to an activating group) is 1. The molecule has 6 rings (SSSR count). The van der Waals surface area contributed by atoms with Gasteiger partial charge in [-0.25, -0.2) is 0 Å². The van der Waals surface area contributed by atoms with Gasteiger partial charge in [-0.2, -0.15) is 0 Å². The van der Waals surface area contributed by atoms with Gasteiger partial charge in [0.1, 0.15) is 17.6 Å². The van der Waals surface area contributed by atoms with Crippen molar-refractivity contribution in [1.82, 2.24) is 10.3 Å². The van der Waals surface area contributed by atoms with E-state index in [1.54, 1.807) is 25.2 Å². The molecule has 0 radical (unpaired) electrons. The number of aromatic hydroxyl groups is 1. The monoisotopic (exact) mass is 440 g/mol. The molecule has 33 heavy (non-hydrogen) atoms. The minimum atomic E-state index is -1.51. The van der Waals surface area contributed by atoms with E-state index in [1.807, 2.05) is 42.5 Å². The van der Waals surface area contributed by atoms with E-state index in [2.05, 4.69) is 28.6 Å². The lowest BCUT2D eigenvalue weighted by Gasteiger charge is -2.33. The van der Waals surface area contributed by atoms with Crippen LogP contribution in [0.3, 0.4) is 0 Å². The number of hydrogen-bond acceptors (Lipinski definition) is 4. The summed E-state index contributed by atoms with van der Waals surface area (Å²) >= 11 is 0. The second kappa shape index (κ2) is 7.30. The third kappa shape index (κ3) is 2.76. The van der Waals surface area contributed by atoms with Gasteiger partial charge in [-0.05, 0) is 42.9 Å². The second-order valence-corrected chi connectivity index (χ2v) is 8.88. The van der Waals surface area contributed by atoms with E-state index >= 15 is 0 Å². The van der Waals surface area contributed by atoms with Crippen LogP contribution in [0.1, 0.15) is 40.1 Å². The SMILES string of the molecule is CNCC(O)c1ccc(O)c(C2(O)c3ccccc3[NH+]3C=Cc4c([nH]c5ccccc45)C32)c1. The molecule has 2 aliphatic rings. The summed E-state index contributed by atoms with van der Waals surface area (Å²) in [6, 6.07) is 20.5. The molecule has 4 atom stereocenters. The van der Waals surface area contributed by atoms with Crippen molar-refractivity contribution in [1.29, 1.82) is 0 Å². The zero-order chi connectivity index (χ0) is 22.7. The maximum Gasteiger partial charge on any atom is 0.183 e. The van der Waals surface area contributed by atoms with Crippen molar-refractivity contribution < 1.29 is 20.2 Å². The first kappa shape index (κ1) is 20.2. The number of fused-ring (bicyclic) bond motifs is 7. The van der Waals surface area contributed by atoms with E-state index in [4.69, 9.17) is 0 Å². The maximum absolute atomic E-state index is 12.6. The molecule has 166 valence electrons. The highest BCUT2D eigenvalue weighted by atomic mass is 16.3. The maximum atomic E-state index is 12.6. The number of phenols is 1. The van der Waals surface area contributed by atoms with Crippen molar-refractivity contribution in [2.75, 3.05) is 13.6 Å². The lowest BCUT2D eigenvalue weighted by atomic mass is 9.78. The third-order valence-corrected chi connectivity index (χ3v) is 7.09. The first-order valence-electron chi connectivity index (χ1n) is 11.2. The Labute approximate surface area is 191 Å². The van der Waals surface area contributed by atoms with Crippen LogP contribution in [-0.4, -0.2) is 33.9 Å². The summed E-state index contributed by atoms with van der Waals surface area (Å²) in [5.74, 6) is 0.00109. The van der Waals surface area contributed by atoms with Gasteiger partial charge in [0, 0.05) is 34.7 Å². The molecule has 4 unspecified atom stereocenters. The van der Waals surface area contributed by atoms with Crippen LogP contribution in [0.15, 0.2) is 72.9 Å². The van der Waals surface area contributed by atoms with Gasteiger partial charge >= 0.3 is 0 Å². The van der Waals surface area contributed by atoms with Crippen molar-refractivity contribution in [3.63, 3.8) is 0 Å². The Morgan fingerprint density at radius 2 is 1.85 bits per heavy atom. The molecular formula is C27H26N3O3+. The highest BCUT2D eigenvalue weighted by Crippen LogP contribution is 2.51. The van der Waals surface area contributed by atoms with Crippen LogP contribution in [0.2, 0.25) is 0 Å². The van der Waals surface area contributed by atoms with Gasteiger partial charge in [0.25, 0.3) is 0 Å². The fourth-order valence-corrected chi connectivity index (χ4v) is 5.60. The summed E-state index contributed by atoms with van der Waals surface area (Å²) in [5.41, 5.74) is 4.22. The number of quaternary nitrogens is 1. The number of benzene rings is 3. The molecule has 0 aliphatic carbocycles. The number of aromatic amines is 1. The summed E-state index contributed by atoms with van der Waals surface area (Å²) in [6.07, 6.45) is 3.43. The Bertz CT molecular complexity index is 1410. The van der Waals surface area contributed by atoms with Crippen LogP contribution in [0.5, 0.6) is 5.75 Å². The molecule has 0 bridgehead atoms. The minimum Gasteiger partial charge on any atom is -0.508 e. The summed E-state index contributed by atoms with van der Waals surface area (Å²) in [7, 11) is 1.78. The molecule has 3 heterocycles. The van der Waals surface area contributed by atoms with Crippen LogP contribution in [0.4, 0.5) is 5.69 Å². The smallest absolute Gasteiger partial charge is 0.183 e. The second-order valence-electron chi connectivity index (χ2n) is 8.88. The molecule has 2 aliphatic heterocycles. The Morgan fingerprint density at radius 1 is 1.06 bits per heavy atom. The molecule has 0 spiro atoms. The molecule has 0 saturated heterocycles. The van der Waals surface area contributed by atoms with E-state index in [-0.39, 0.29) is 5.75 Å². The standard InChI is InChI=1S/C27H25N3O3/c1-28-15-24(32)16-10-11-23(31)20(14-16)27(33)19-7-3-5-9-22(19)30-13-12-18-17-6-2-4-8-21(17)29-25(18)26(27)30/h2-14,24,26,28-29,31-33H,15H2,1H3/p+1. The average molecular weight is 441 g/mol. The van der Waals surface area contributed by atoms with Crippen LogP contribution < -0.4 is 10.2 Å². The number of H-pyrrole nitrogens is 1. The van der Waals surface area contributed by atoms with Crippen molar-refractivity contribution in [2.24, 2.45) is 0 Å². The van der Waals surface area contributed by atoms with E-state index in [0.29, 0.717) is 17.7 Å². The number of aromatic nitrogens is 1. The number of nitrogens with one attached hydrogen (secondary N) is 3. The van der Waals surface area contributed by atoms with Crippen LogP contribution in [0, 0.1) is 0 Å². The molecular weight excluding hydrogens is 414 g/mol. The largest absolute Gasteiger partial charge is 0.508 e. The first-order valence-corrected chi connectivity index (χ1v) is 11.2. The number of aliphatic hydroxyl groups excluding tert-OH is 1. The molecule has 6 nitrogen and oxygen atoms in total. The Kier molecular flexibility index (Phi) is 4.47. The quantitative estimate of drug-likeness (QED) is 0.294. The van der Waals surface area contributed by atoms with E-state index in [1.165, 1.54) is 0 Å². The van der Waals surface area contributed by atoms with Gasteiger partial charge in [-0.1, -0.05) is 36.4 Å². The zero-order valence-corrected chi connectivity index (χ0v) is 18.2. The summed E-state index contributed by atoms with van der Waals surface area (Å²) in [5, 5.41) is 38.2. The van der Waals surface area contributed by atoms with Gasteiger partial charge < -0.3 is 25.6 Å². The van der Waals surface area contributed by atoms with E-state index < -0.39 is 17.7 Å². The first-order chi connectivity index (χ1) is 16.0. The number of hydrogen-bond donors (Lipinski definition) is 6. The van der Waals surface area contributed by atoms with Crippen LogP contribution in [-0.2, 0) is 5.60 Å². The van der Waals surface area contributed by atoms with E-state index in [9.17, 15) is 15.3 Å². The Morgan fingerprint density at radius 3 is 2.70 bits per heavy atom. The topological polar surface area (TPSA) is 92.9 Å². The Hall–Kier alpha value is -3.42. The summed E-state index contributed by atoms with van der Waals surface area (Å²) in [4.78, 5) is 4.56. The van der Waals surface area contributed by atoms with Crippen LogP contribution >= 0.6 is 0 Å². The van der Waals surface area contributed by atoms with Crippen molar-refractivity contribution in [3.8, 4) is 5.75 Å². The fourth-order valence-electron chi connectivity index (χ4n) is 5.60. The van der Waals surface area contributed by atoms with Crippen molar-refractivity contribution in [2.45, 2.75) is 17.7 Å². The lowest BCUT2D eigenvalue weighted by molar-refractivity contribution is -0.814. The van der Waals surface area contributed by atoms with E-state index in [0.717, 1.165) is 38.3 Å². The zero-order valence-electron chi connectivity index (χ0n) is 18.2. The highest BCUT2D eigenvalue weighted by Gasteiger charge is 2.59. The Balaban J connectivity index is 1.62. The highest BCUT2D eigenvalue weighted by molar-refractivity contribution is 5.91. The van der Waals surface area contributed by atoms with Gasteiger partial charge in [-0.3, -0.25) is 4.90 Å². The number of rotatable bonds is 4. The lowest BCUT2D eigenvalue weighted by Crippen LogP contribution is -3.03. The fraction of sp³-hybridized carbons (Fsp3) is 0.185.